The number of hydrogen-bond acceptors (Lipinski definition) is 4. The molecule has 0 fully saturated rings. The molecule has 0 saturated carbocycles. The number of aliphatic hydroxyl groups excluding tert-OH is 1. The Morgan fingerprint density at radius 1 is 0.905 bits per heavy atom. The van der Waals surface area contributed by atoms with Gasteiger partial charge in [0, 0.05) is 0 Å². The van der Waals surface area contributed by atoms with E-state index in [2.05, 4.69) is 6.92 Å². The molecule has 0 aromatic rings. The normalized spacial score (nSPS) is 14.5. The van der Waals surface area contributed by atoms with Crippen molar-refractivity contribution >= 4 is 10.1 Å². The molecule has 0 heterocycles. The van der Waals surface area contributed by atoms with Gasteiger partial charge in [-0.15, -0.1) is 0 Å². The first-order valence-corrected chi connectivity index (χ1v) is 9.53. The van der Waals surface area contributed by atoms with Gasteiger partial charge < -0.3 is 9.66 Å². The average molecular weight is 347 g/mol. The second-order valence-corrected chi connectivity index (χ2v) is 7.22. The minimum atomic E-state index is -4.38. The Morgan fingerprint density at radius 2 is 1.33 bits per heavy atom. The van der Waals surface area contributed by atoms with Gasteiger partial charge >= 0.3 is 51.4 Å². The fourth-order valence-corrected chi connectivity index (χ4v) is 3.48. The van der Waals surface area contributed by atoms with Crippen LogP contribution < -0.4 is 51.4 Å². The van der Waals surface area contributed by atoms with Gasteiger partial charge in [-0.05, 0) is 12.8 Å². The second-order valence-electron chi connectivity index (χ2n) is 5.62. The zero-order valence-electron chi connectivity index (χ0n) is 14.0. The van der Waals surface area contributed by atoms with Crippen LogP contribution in [-0.2, 0) is 10.1 Å². The van der Waals surface area contributed by atoms with E-state index < -0.39 is 21.5 Å². The number of rotatable bonds is 13. The van der Waals surface area contributed by atoms with E-state index in [1.54, 1.807) is 6.92 Å². The molecule has 0 rings (SSSR count). The largest absolute Gasteiger partial charge is 1.00 e. The summed E-state index contributed by atoms with van der Waals surface area (Å²) in [5.41, 5.74) is 0. The minimum Gasteiger partial charge on any atom is -0.748 e. The fraction of sp³-hybridized carbons (Fsp3) is 1.00. The van der Waals surface area contributed by atoms with Crippen LogP contribution in [0.1, 0.15) is 84.5 Å². The van der Waals surface area contributed by atoms with Gasteiger partial charge in [-0.3, -0.25) is 0 Å². The van der Waals surface area contributed by atoms with Crippen LogP contribution in [0.3, 0.4) is 0 Å². The summed E-state index contributed by atoms with van der Waals surface area (Å²) in [6, 6.07) is 0. The van der Waals surface area contributed by atoms with Crippen molar-refractivity contribution in [3.63, 3.8) is 0 Å². The summed E-state index contributed by atoms with van der Waals surface area (Å²) in [6.07, 6.45) is 9.86. The molecule has 0 saturated heterocycles. The van der Waals surface area contributed by atoms with Gasteiger partial charge in [-0.25, -0.2) is 8.42 Å². The van der Waals surface area contributed by atoms with Gasteiger partial charge in [-0.2, -0.15) is 0 Å². The Hall–Kier alpha value is 1.51. The van der Waals surface area contributed by atoms with E-state index in [9.17, 15) is 18.1 Å². The van der Waals surface area contributed by atoms with Crippen molar-refractivity contribution in [1.82, 2.24) is 0 Å². The molecule has 2 unspecified atom stereocenters. The van der Waals surface area contributed by atoms with E-state index in [1.807, 2.05) is 0 Å². The van der Waals surface area contributed by atoms with Gasteiger partial charge in [0.15, 0.2) is 0 Å². The zero-order valence-corrected chi connectivity index (χ0v) is 18.0. The maximum Gasteiger partial charge on any atom is 1.00 e. The van der Waals surface area contributed by atoms with Crippen molar-refractivity contribution in [2.24, 2.45) is 0 Å². The molecule has 0 aromatic carbocycles. The Bertz CT molecular complexity index is 320. The number of unbranched alkanes of at least 4 members (excludes halogenated alkanes) is 8. The van der Waals surface area contributed by atoms with Gasteiger partial charge in [0.25, 0.3) is 0 Å². The van der Waals surface area contributed by atoms with E-state index in [0.717, 1.165) is 12.8 Å². The van der Waals surface area contributed by atoms with Crippen LogP contribution >= 0.6 is 0 Å². The molecule has 1 N–H and O–H groups in total. The van der Waals surface area contributed by atoms with E-state index in [-0.39, 0.29) is 57.8 Å². The fourth-order valence-electron chi connectivity index (χ4n) is 2.45. The van der Waals surface area contributed by atoms with Gasteiger partial charge in [0.05, 0.1) is 11.4 Å². The third-order valence-corrected chi connectivity index (χ3v) is 5.10. The minimum absolute atomic E-state index is 0. The van der Waals surface area contributed by atoms with Crippen molar-refractivity contribution in [3.05, 3.63) is 0 Å². The number of aliphatic hydroxyl groups is 1. The molecule has 4 nitrogen and oxygen atoms in total. The standard InChI is InChI=1S/C15H32O4S.K/c1-3-5-6-7-8-9-10-11-12-13-15(14(16)4-2)20(17,18)19;/h14-16H,3-13H2,1-2H3,(H,17,18,19);/q;+1/p-1. The summed E-state index contributed by atoms with van der Waals surface area (Å²) < 4.78 is 33.2. The van der Waals surface area contributed by atoms with Gasteiger partial charge in [-0.1, -0.05) is 71.6 Å². The van der Waals surface area contributed by atoms with Crippen LogP contribution in [0, 0.1) is 0 Å². The SMILES string of the molecule is CCCCCCCCCCCC(C(O)CC)S(=O)(=O)[O-].[K+]. The van der Waals surface area contributed by atoms with Crippen LogP contribution in [0.2, 0.25) is 0 Å². The summed E-state index contributed by atoms with van der Waals surface area (Å²) in [7, 11) is -4.38. The molecule has 0 radical (unpaired) electrons. The second kappa shape index (κ2) is 15.1. The van der Waals surface area contributed by atoms with E-state index in [4.69, 9.17) is 0 Å². The van der Waals surface area contributed by atoms with Crippen molar-refractivity contribution in [2.45, 2.75) is 95.8 Å². The summed E-state index contributed by atoms with van der Waals surface area (Å²) in [5.74, 6) is 0. The van der Waals surface area contributed by atoms with Crippen LogP contribution in [0.25, 0.3) is 0 Å². The van der Waals surface area contributed by atoms with Gasteiger partial charge in [0.2, 0.25) is 0 Å². The predicted octanol–water partition coefficient (Wildman–Crippen LogP) is 0.596. The van der Waals surface area contributed by atoms with Crippen LogP contribution in [0.15, 0.2) is 0 Å². The first kappa shape index (κ1) is 24.8. The summed E-state index contributed by atoms with van der Waals surface area (Å²) in [5, 5.41) is 8.47. The quantitative estimate of drug-likeness (QED) is 0.301. The van der Waals surface area contributed by atoms with Crippen molar-refractivity contribution < 1.29 is 69.5 Å². The maximum atomic E-state index is 11.1. The monoisotopic (exact) mass is 346 g/mol. The summed E-state index contributed by atoms with van der Waals surface area (Å²) >= 11 is 0. The van der Waals surface area contributed by atoms with E-state index in [1.165, 1.54) is 38.5 Å². The van der Waals surface area contributed by atoms with Crippen LogP contribution in [0.4, 0.5) is 0 Å². The molecule has 2 atom stereocenters. The zero-order chi connectivity index (χ0) is 15.4. The Morgan fingerprint density at radius 3 is 1.71 bits per heavy atom. The van der Waals surface area contributed by atoms with Crippen LogP contribution in [-0.4, -0.2) is 29.4 Å². The first-order chi connectivity index (χ1) is 9.43. The molecule has 122 valence electrons. The molecule has 6 heteroatoms. The predicted molar refractivity (Wildman–Crippen MR) is 81.6 cm³/mol. The molecule has 0 aliphatic heterocycles. The molecule has 0 aliphatic carbocycles. The first-order valence-electron chi connectivity index (χ1n) is 8.06. The molecule has 0 bridgehead atoms. The summed E-state index contributed by atoms with van der Waals surface area (Å²) in [4.78, 5) is 0. The van der Waals surface area contributed by atoms with Crippen molar-refractivity contribution in [1.29, 1.82) is 0 Å². The smallest absolute Gasteiger partial charge is 0.748 e. The maximum absolute atomic E-state index is 11.1. The Balaban J connectivity index is 0. The Kier molecular flexibility index (Phi) is 17.8. The number of hydrogen-bond donors (Lipinski definition) is 1. The average Bonchev–Trinajstić information content (AvgIpc) is 2.39. The molecule has 0 aliphatic rings. The van der Waals surface area contributed by atoms with Crippen molar-refractivity contribution in [2.75, 3.05) is 0 Å². The molecule has 21 heavy (non-hydrogen) atoms. The molecule has 0 spiro atoms. The third-order valence-electron chi connectivity index (χ3n) is 3.81. The topological polar surface area (TPSA) is 77.4 Å². The Labute approximate surface area is 173 Å². The molecular weight excluding hydrogens is 315 g/mol. The molecule has 0 amide bonds. The molecule has 0 aromatic heterocycles. The molecular formula is C15H31KO4S. The van der Waals surface area contributed by atoms with Gasteiger partial charge in [0.1, 0.15) is 10.1 Å². The van der Waals surface area contributed by atoms with Crippen molar-refractivity contribution in [3.8, 4) is 0 Å². The van der Waals surface area contributed by atoms with Crippen LogP contribution in [0.5, 0.6) is 0 Å². The van der Waals surface area contributed by atoms with E-state index >= 15 is 0 Å². The third kappa shape index (κ3) is 13.6. The van der Waals surface area contributed by atoms with E-state index in [0.29, 0.717) is 12.8 Å². The summed E-state index contributed by atoms with van der Waals surface area (Å²) in [6.45, 7) is 3.89.